The molecule has 28 heavy (non-hydrogen) atoms. The maximum atomic E-state index is 13.9. The molecule has 0 aliphatic heterocycles. The van der Waals surface area contributed by atoms with Crippen molar-refractivity contribution in [1.29, 1.82) is 0 Å². The molecule has 4 nitrogen and oxygen atoms in total. The fourth-order valence-electron chi connectivity index (χ4n) is 2.77. The highest BCUT2D eigenvalue weighted by Crippen LogP contribution is 2.29. The Bertz CT molecular complexity index is 1140. The van der Waals surface area contributed by atoms with Crippen LogP contribution in [0.25, 0.3) is 22.8 Å². The van der Waals surface area contributed by atoms with Gasteiger partial charge in [0.1, 0.15) is 5.82 Å². The molecule has 138 valence electrons. The zero-order valence-corrected chi connectivity index (χ0v) is 16.1. The molecule has 1 heterocycles. The smallest absolute Gasteiger partial charge is 0.256 e. The SMILES string of the molecule is O=C(Nc1ccccc1F)c1ccccc1-c1ncc(-c2ccc(Br)cc2)o1. The molecule has 0 aliphatic rings. The number of rotatable bonds is 4. The lowest BCUT2D eigenvalue weighted by molar-refractivity contribution is 0.102. The van der Waals surface area contributed by atoms with Crippen LogP contribution in [0.3, 0.4) is 0 Å². The lowest BCUT2D eigenvalue weighted by atomic mass is 10.1. The quantitative estimate of drug-likeness (QED) is 0.416. The molecule has 1 amide bonds. The third-order valence-electron chi connectivity index (χ3n) is 4.16. The van der Waals surface area contributed by atoms with Crippen molar-refractivity contribution in [2.24, 2.45) is 0 Å². The first kappa shape index (κ1) is 18.1. The Morgan fingerprint density at radius 2 is 1.68 bits per heavy atom. The van der Waals surface area contributed by atoms with E-state index < -0.39 is 11.7 Å². The summed E-state index contributed by atoms with van der Waals surface area (Å²) >= 11 is 3.40. The number of halogens is 2. The summed E-state index contributed by atoms with van der Waals surface area (Å²) in [5.41, 5.74) is 1.86. The van der Waals surface area contributed by atoms with Crippen LogP contribution in [0, 0.1) is 5.82 Å². The van der Waals surface area contributed by atoms with Crippen LogP contribution in [0.15, 0.2) is 87.9 Å². The minimum absolute atomic E-state index is 0.116. The van der Waals surface area contributed by atoms with E-state index >= 15 is 0 Å². The highest BCUT2D eigenvalue weighted by molar-refractivity contribution is 9.10. The van der Waals surface area contributed by atoms with Crippen LogP contribution < -0.4 is 5.32 Å². The molecule has 3 aromatic carbocycles. The Morgan fingerprint density at radius 3 is 2.46 bits per heavy atom. The first-order valence-electron chi connectivity index (χ1n) is 8.49. The fourth-order valence-corrected chi connectivity index (χ4v) is 3.03. The normalized spacial score (nSPS) is 10.6. The molecular formula is C22H14BrFN2O2. The zero-order chi connectivity index (χ0) is 19.5. The van der Waals surface area contributed by atoms with Gasteiger partial charge in [-0.15, -0.1) is 0 Å². The standard InChI is InChI=1S/C22H14BrFN2O2/c23-15-11-9-14(10-12-15)20-13-25-22(28-20)17-6-2-1-5-16(17)21(27)26-19-8-4-3-7-18(19)24/h1-13H,(H,26,27). The predicted molar refractivity (Wildman–Crippen MR) is 109 cm³/mol. The number of nitrogens with zero attached hydrogens (tertiary/aromatic N) is 1. The van der Waals surface area contributed by atoms with Crippen molar-refractivity contribution in [2.75, 3.05) is 5.32 Å². The molecule has 0 atom stereocenters. The molecule has 0 saturated heterocycles. The fraction of sp³-hybridized carbons (Fsp3) is 0. The Hall–Kier alpha value is -3.25. The second-order valence-corrected chi connectivity index (χ2v) is 6.93. The molecular weight excluding hydrogens is 423 g/mol. The van der Waals surface area contributed by atoms with Crippen molar-refractivity contribution >= 4 is 27.5 Å². The maximum absolute atomic E-state index is 13.9. The van der Waals surface area contributed by atoms with E-state index in [1.165, 1.54) is 12.1 Å². The Morgan fingerprint density at radius 1 is 0.964 bits per heavy atom. The first-order chi connectivity index (χ1) is 13.6. The molecule has 1 aromatic heterocycles. The van der Waals surface area contributed by atoms with E-state index in [0.717, 1.165) is 10.0 Å². The highest BCUT2D eigenvalue weighted by Gasteiger charge is 2.18. The number of oxazole rings is 1. The lowest BCUT2D eigenvalue weighted by Crippen LogP contribution is -2.14. The number of anilines is 1. The summed E-state index contributed by atoms with van der Waals surface area (Å²) in [7, 11) is 0. The van der Waals surface area contributed by atoms with Crippen molar-refractivity contribution in [2.45, 2.75) is 0 Å². The van der Waals surface area contributed by atoms with E-state index in [1.807, 2.05) is 24.3 Å². The van der Waals surface area contributed by atoms with Crippen LogP contribution in [0.4, 0.5) is 10.1 Å². The van der Waals surface area contributed by atoms with Gasteiger partial charge in [0.15, 0.2) is 5.76 Å². The number of hydrogen-bond donors (Lipinski definition) is 1. The zero-order valence-electron chi connectivity index (χ0n) is 14.5. The van der Waals surface area contributed by atoms with Gasteiger partial charge in [0.05, 0.1) is 17.4 Å². The Balaban J connectivity index is 1.66. The number of hydrogen-bond acceptors (Lipinski definition) is 3. The van der Waals surface area contributed by atoms with Crippen molar-refractivity contribution < 1.29 is 13.6 Å². The number of para-hydroxylation sites is 1. The van der Waals surface area contributed by atoms with Crippen molar-refractivity contribution in [3.8, 4) is 22.8 Å². The van der Waals surface area contributed by atoms with E-state index in [9.17, 15) is 9.18 Å². The minimum atomic E-state index is -0.498. The summed E-state index contributed by atoms with van der Waals surface area (Å²) in [5.74, 6) is -0.0323. The molecule has 0 unspecified atom stereocenters. The van der Waals surface area contributed by atoms with E-state index in [1.54, 1.807) is 42.6 Å². The minimum Gasteiger partial charge on any atom is -0.436 e. The van der Waals surface area contributed by atoms with Crippen molar-refractivity contribution in [3.05, 3.63) is 94.8 Å². The molecule has 4 aromatic rings. The summed E-state index contributed by atoms with van der Waals surface area (Å²) in [6.07, 6.45) is 1.62. The molecule has 0 saturated carbocycles. The van der Waals surface area contributed by atoms with E-state index in [0.29, 0.717) is 22.8 Å². The number of carbonyl (C=O) groups is 1. The second kappa shape index (κ2) is 7.78. The summed E-state index contributed by atoms with van der Waals surface area (Å²) in [4.78, 5) is 17.0. The van der Waals surface area contributed by atoms with Gasteiger partial charge >= 0.3 is 0 Å². The van der Waals surface area contributed by atoms with Crippen LogP contribution >= 0.6 is 15.9 Å². The molecule has 0 radical (unpaired) electrons. The first-order valence-corrected chi connectivity index (χ1v) is 9.28. The average molecular weight is 437 g/mol. The molecule has 0 bridgehead atoms. The van der Waals surface area contributed by atoms with Gasteiger partial charge in [-0.3, -0.25) is 4.79 Å². The van der Waals surface area contributed by atoms with Gasteiger partial charge < -0.3 is 9.73 Å². The van der Waals surface area contributed by atoms with E-state index in [4.69, 9.17) is 4.42 Å². The lowest BCUT2D eigenvalue weighted by Gasteiger charge is -2.09. The van der Waals surface area contributed by atoms with Crippen LogP contribution in [-0.2, 0) is 0 Å². The van der Waals surface area contributed by atoms with Gasteiger partial charge in [-0.2, -0.15) is 0 Å². The summed E-state index contributed by atoms with van der Waals surface area (Å²) < 4.78 is 20.7. The number of amides is 1. The third kappa shape index (κ3) is 3.73. The highest BCUT2D eigenvalue weighted by atomic mass is 79.9. The van der Waals surface area contributed by atoms with E-state index in [-0.39, 0.29) is 5.69 Å². The second-order valence-electron chi connectivity index (χ2n) is 6.02. The van der Waals surface area contributed by atoms with Crippen molar-refractivity contribution in [3.63, 3.8) is 0 Å². The summed E-state index contributed by atoms with van der Waals surface area (Å²) in [5, 5.41) is 2.59. The number of aromatic nitrogens is 1. The third-order valence-corrected chi connectivity index (χ3v) is 4.69. The predicted octanol–water partition coefficient (Wildman–Crippen LogP) is 6.16. The van der Waals surface area contributed by atoms with Gasteiger partial charge in [-0.25, -0.2) is 9.37 Å². The number of benzene rings is 3. The molecule has 4 rings (SSSR count). The van der Waals surface area contributed by atoms with Gasteiger partial charge in [0, 0.05) is 15.6 Å². The van der Waals surface area contributed by atoms with E-state index in [2.05, 4.69) is 26.2 Å². The molecule has 0 fully saturated rings. The van der Waals surface area contributed by atoms with Gasteiger partial charge in [-0.1, -0.05) is 52.3 Å². The molecule has 1 N–H and O–H groups in total. The average Bonchev–Trinajstić information content (AvgIpc) is 3.20. The van der Waals surface area contributed by atoms with Crippen LogP contribution in [0.1, 0.15) is 10.4 Å². The Kier molecular flexibility index (Phi) is 5.04. The van der Waals surface area contributed by atoms with Crippen LogP contribution in [-0.4, -0.2) is 10.9 Å². The summed E-state index contributed by atoms with van der Waals surface area (Å²) in [6.45, 7) is 0. The van der Waals surface area contributed by atoms with Crippen LogP contribution in [0.5, 0.6) is 0 Å². The maximum Gasteiger partial charge on any atom is 0.256 e. The monoisotopic (exact) mass is 436 g/mol. The van der Waals surface area contributed by atoms with Crippen LogP contribution in [0.2, 0.25) is 0 Å². The molecule has 0 aliphatic carbocycles. The summed E-state index contributed by atoms with van der Waals surface area (Å²) in [6, 6.07) is 20.6. The number of carbonyl (C=O) groups excluding carboxylic acids is 1. The largest absolute Gasteiger partial charge is 0.436 e. The van der Waals surface area contributed by atoms with Crippen molar-refractivity contribution in [1.82, 2.24) is 4.98 Å². The number of nitrogens with one attached hydrogen (secondary N) is 1. The van der Waals surface area contributed by atoms with Gasteiger partial charge in [0.2, 0.25) is 5.89 Å². The molecule has 0 spiro atoms. The topological polar surface area (TPSA) is 55.1 Å². The Labute approximate surface area is 169 Å². The molecule has 6 heteroatoms. The van der Waals surface area contributed by atoms with Gasteiger partial charge in [0.25, 0.3) is 5.91 Å². The van der Waals surface area contributed by atoms with Gasteiger partial charge in [-0.05, 0) is 36.4 Å².